The van der Waals surface area contributed by atoms with Crippen LogP contribution in [-0.4, -0.2) is 77.4 Å². The van der Waals surface area contributed by atoms with E-state index in [-0.39, 0.29) is 61.3 Å². The second-order valence-corrected chi connectivity index (χ2v) is 14.8. The van der Waals surface area contributed by atoms with Gasteiger partial charge < -0.3 is 62.3 Å². The van der Waals surface area contributed by atoms with E-state index in [1.54, 1.807) is 24.3 Å². The zero-order valence-electron chi connectivity index (χ0n) is 31.3. The summed E-state index contributed by atoms with van der Waals surface area (Å²) in [6.07, 6.45) is -1.48. The first-order valence-corrected chi connectivity index (χ1v) is 18.5. The summed E-state index contributed by atoms with van der Waals surface area (Å²) in [6, 6.07) is 14.3. The Kier molecular flexibility index (Phi) is 8.15. The Labute approximate surface area is 325 Å². The molecule has 0 spiro atoms. The summed E-state index contributed by atoms with van der Waals surface area (Å²) in [4.78, 5) is 27.9. The van der Waals surface area contributed by atoms with E-state index in [0.717, 1.165) is 22.3 Å². The molecule has 57 heavy (non-hydrogen) atoms. The van der Waals surface area contributed by atoms with Crippen LogP contribution >= 0.6 is 0 Å². The highest BCUT2D eigenvalue weighted by atomic mass is 16.7. The number of benzene rings is 4. The van der Waals surface area contributed by atoms with Gasteiger partial charge in [0.15, 0.2) is 46.0 Å². The summed E-state index contributed by atoms with van der Waals surface area (Å²) >= 11 is 0. The predicted molar refractivity (Wildman–Crippen MR) is 194 cm³/mol. The van der Waals surface area contributed by atoms with Crippen LogP contribution in [-0.2, 0) is 23.8 Å². The second-order valence-electron chi connectivity index (χ2n) is 14.8. The summed E-state index contributed by atoms with van der Waals surface area (Å²) in [7, 11) is 5.78. The lowest BCUT2D eigenvalue weighted by Gasteiger charge is -2.44. The van der Waals surface area contributed by atoms with Crippen molar-refractivity contribution in [2.75, 3.05) is 55.2 Å². The van der Waals surface area contributed by atoms with Crippen LogP contribution < -0.4 is 37.9 Å². The molecule has 8 atom stereocenters. The van der Waals surface area contributed by atoms with Gasteiger partial charge in [-0.3, -0.25) is 9.59 Å². The van der Waals surface area contributed by atoms with Crippen LogP contribution in [0.25, 0.3) is 0 Å². The van der Waals surface area contributed by atoms with Crippen LogP contribution in [0, 0.1) is 23.7 Å². The Morgan fingerprint density at radius 1 is 0.491 bits per heavy atom. The average Bonchev–Trinajstić information content (AvgIpc) is 4.04. The molecule has 0 bridgehead atoms. The SMILES string of the molecule is COc1cc([C@@H]2c3cc4c(cc3[C@@H](OC3c5cc6c(cc5[C@@H](c5cc(OC)c(O)c(OC)c5)[C@H]5C(=O)OC[C@H]35)OCO6)[C@H]3COC(=O)[C@H]23)OCO4)cc(OC)c1O. The molecule has 2 saturated heterocycles. The number of aromatic hydroxyl groups is 2. The van der Waals surface area contributed by atoms with Crippen molar-refractivity contribution >= 4 is 11.9 Å². The van der Waals surface area contributed by atoms with E-state index in [9.17, 15) is 19.8 Å². The molecule has 2 aliphatic carbocycles. The molecule has 4 aromatic carbocycles. The number of hydrogen-bond donors (Lipinski definition) is 2. The average molecular weight is 783 g/mol. The number of fused-ring (bicyclic) bond motifs is 6. The first-order chi connectivity index (χ1) is 27.7. The third-order valence-corrected chi connectivity index (χ3v) is 12.3. The quantitative estimate of drug-likeness (QED) is 0.221. The van der Waals surface area contributed by atoms with Gasteiger partial charge in [-0.2, -0.15) is 0 Å². The van der Waals surface area contributed by atoms with Crippen LogP contribution in [0.2, 0.25) is 0 Å². The van der Waals surface area contributed by atoms with E-state index in [1.807, 2.05) is 24.3 Å². The minimum absolute atomic E-state index is 0.0186. The first kappa shape index (κ1) is 35.2. The molecule has 15 nitrogen and oxygen atoms in total. The Bertz CT molecular complexity index is 2130. The molecule has 4 aliphatic heterocycles. The third kappa shape index (κ3) is 5.20. The monoisotopic (exact) mass is 782 g/mol. The maximum Gasteiger partial charge on any atom is 0.310 e. The van der Waals surface area contributed by atoms with Crippen LogP contribution in [0.4, 0.5) is 0 Å². The summed E-state index contributed by atoms with van der Waals surface area (Å²) in [5.74, 6) is -2.01. The number of carbonyl (C=O) groups excluding carboxylic acids is 2. The van der Waals surface area contributed by atoms with E-state index < -0.39 is 59.7 Å². The third-order valence-electron chi connectivity index (χ3n) is 12.3. The maximum absolute atomic E-state index is 14.0. The summed E-state index contributed by atoms with van der Waals surface area (Å²) in [5, 5.41) is 21.6. The number of ether oxygens (including phenoxy) is 11. The number of hydrogen-bond acceptors (Lipinski definition) is 15. The number of cyclic esters (lactones) is 2. The zero-order valence-corrected chi connectivity index (χ0v) is 31.3. The number of phenolic OH excluding ortho intramolecular Hbond substituents is 2. The number of esters is 2. The maximum atomic E-state index is 14.0. The molecule has 0 amide bonds. The molecule has 2 N–H and O–H groups in total. The van der Waals surface area contributed by atoms with Gasteiger partial charge in [0.05, 0.1) is 65.7 Å². The van der Waals surface area contributed by atoms with Crippen molar-refractivity contribution in [3.63, 3.8) is 0 Å². The van der Waals surface area contributed by atoms with Gasteiger partial charge in [-0.25, -0.2) is 0 Å². The zero-order chi connectivity index (χ0) is 39.3. The lowest BCUT2D eigenvalue weighted by atomic mass is 9.64. The van der Waals surface area contributed by atoms with Crippen molar-refractivity contribution in [1.29, 1.82) is 0 Å². The van der Waals surface area contributed by atoms with Gasteiger partial charge in [0, 0.05) is 23.7 Å². The highest BCUT2D eigenvalue weighted by Crippen LogP contribution is 2.61. The number of phenols is 2. The number of rotatable bonds is 8. The molecule has 1 unspecified atom stereocenters. The lowest BCUT2D eigenvalue weighted by molar-refractivity contribution is -0.142. The molecule has 4 heterocycles. The van der Waals surface area contributed by atoms with Gasteiger partial charge >= 0.3 is 11.9 Å². The highest BCUT2D eigenvalue weighted by Gasteiger charge is 2.58. The first-order valence-electron chi connectivity index (χ1n) is 18.5. The van der Waals surface area contributed by atoms with Gasteiger partial charge in [-0.1, -0.05) is 0 Å². The molecule has 0 aromatic heterocycles. The van der Waals surface area contributed by atoms with Crippen LogP contribution in [0.1, 0.15) is 57.4 Å². The van der Waals surface area contributed by atoms with Gasteiger partial charge in [-0.15, -0.1) is 0 Å². The predicted octanol–water partition coefficient (Wildman–Crippen LogP) is 5.26. The summed E-state index contributed by atoms with van der Waals surface area (Å²) in [5.41, 5.74) is 4.27. The molecule has 15 heteroatoms. The Balaban J connectivity index is 1.15. The van der Waals surface area contributed by atoms with E-state index >= 15 is 0 Å². The molecule has 0 saturated carbocycles. The smallest absolute Gasteiger partial charge is 0.310 e. The van der Waals surface area contributed by atoms with Gasteiger partial charge in [0.1, 0.15) is 0 Å². The molecule has 2 fully saturated rings. The van der Waals surface area contributed by atoms with Crippen molar-refractivity contribution in [2.45, 2.75) is 24.0 Å². The fourth-order valence-electron chi connectivity index (χ4n) is 9.72. The fraction of sp³-hybridized carbons (Fsp3) is 0.381. The summed E-state index contributed by atoms with van der Waals surface area (Å²) in [6.45, 7) is 0.158. The van der Waals surface area contributed by atoms with Crippen molar-refractivity contribution < 1.29 is 71.9 Å². The van der Waals surface area contributed by atoms with E-state index in [1.165, 1.54) is 28.4 Å². The minimum atomic E-state index is -0.742. The standard InChI is InChI=1S/C42H38O15/c1-47-29-5-17(6-30(48-2)37(29)43)33-19-9-25-27(55-15-53-25)11-21(19)39(23-13-51-41(45)35(23)33)57-40-22-12-28-26(54-16-56-28)10-20(22)34(36-24(40)14-52-42(36)46)18-7-31(49-3)38(44)32(8-18)50-4/h5-12,23-24,33-36,39-40,43-44H,13-16H2,1-4H3/t23-,24-,33+,34+,35-,36-,39+,40?/m0/s1. The molecule has 10 rings (SSSR count). The van der Waals surface area contributed by atoms with Crippen LogP contribution in [0.5, 0.6) is 57.5 Å². The van der Waals surface area contributed by atoms with Crippen LogP contribution in [0.15, 0.2) is 48.5 Å². The van der Waals surface area contributed by atoms with Crippen LogP contribution in [0.3, 0.4) is 0 Å². The van der Waals surface area contributed by atoms with E-state index in [0.29, 0.717) is 34.1 Å². The highest BCUT2D eigenvalue weighted by molar-refractivity contribution is 5.80. The fourth-order valence-corrected chi connectivity index (χ4v) is 9.72. The molecule has 6 aliphatic rings. The van der Waals surface area contributed by atoms with Gasteiger partial charge in [-0.05, 0) is 81.9 Å². The van der Waals surface area contributed by atoms with E-state index in [2.05, 4.69) is 0 Å². The van der Waals surface area contributed by atoms with Crippen molar-refractivity contribution in [1.82, 2.24) is 0 Å². The van der Waals surface area contributed by atoms with Crippen molar-refractivity contribution in [2.24, 2.45) is 23.7 Å². The minimum Gasteiger partial charge on any atom is -0.502 e. The van der Waals surface area contributed by atoms with Crippen molar-refractivity contribution in [3.05, 3.63) is 81.9 Å². The Hall–Kier alpha value is -6.22. The largest absolute Gasteiger partial charge is 0.502 e. The topological polar surface area (TPSA) is 176 Å². The summed E-state index contributed by atoms with van der Waals surface area (Å²) < 4.78 is 64.6. The Morgan fingerprint density at radius 3 is 1.16 bits per heavy atom. The molecule has 296 valence electrons. The lowest BCUT2D eigenvalue weighted by Crippen LogP contribution is -2.40. The van der Waals surface area contributed by atoms with Crippen molar-refractivity contribution in [3.8, 4) is 57.5 Å². The molecule has 0 radical (unpaired) electrons. The second kappa shape index (κ2) is 13.2. The van der Waals surface area contributed by atoms with Gasteiger partial charge in [0.2, 0.25) is 25.1 Å². The molecular formula is C42H38O15. The normalized spacial score (nSPS) is 27.1. The van der Waals surface area contributed by atoms with E-state index in [4.69, 9.17) is 52.1 Å². The Morgan fingerprint density at radius 2 is 0.825 bits per heavy atom. The number of methoxy groups -OCH3 is 4. The number of carbonyl (C=O) groups is 2. The molecule has 4 aromatic rings. The van der Waals surface area contributed by atoms with Gasteiger partial charge in [0.25, 0.3) is 0 Å². The molecular weight excluding hydrogens is 744 g/mol.